The molecule has 1 N–H and O–H groups in total. The Balaban J connectivity index is 1.78. The van der Waals surface area contributed by atoms with Crippen LogP contribution in [-0.2, 0) is 16.0 Å². The monoisotopic (exact) mass is 375 g/mol. The number of aliphatic imine (C=N–C) groups is 2. The minimum Gasteiger partial charge on any atom is -0.493 e. The van der Waals surface area contributed by atoms with Gasteiger partial charge in [-0.2, -0.15) is 4.99 Å². The van der Waals surface area contributed by atoms with E-state index in [2.05, 4.69) is 21.9 Å². The molecule has 0 atom stereocenters. The third kappa shape index (κ3) is 5.19. The summed E-state index contributed by atoms with van der Waals surface area (Å²) < 4.78 is 10.5. The highest BCUT2D eigenvalue weighted by atomic mass is 32.2. The molecule has 1 aliphatic rings. The first-order valence-corrected chi connectivity index (χ1v) is 8.91. The van der Waals surface area contributed by atoms with Gasteiger partial charge < -0.3 is 14.8 Å². The first-order chi connectivity index (χ1) is 12.4. The molecule has 0 aliphatic carbocycles. The molecule has 1 aromatic rings. The molecule has 0 fully saturated rings. The third-order valence-corrected chi connectivity index (χ3v) is 4.52. The molecule has 8 heteroatoms. The molecule has 0 spiro atoms. The van der Waals surface area contributed by atoms with Crippen molar-refractivity contribution in [3.63, 3.8) is 0 Å². The molecule has 0 saturated heterocycles. The fraction of sp³-hybridized carbons (Fsp3) is 0.333. The first-order valence-electron chi connectivity index (χ1n) is 7.92. The minimum atomic E-state index is -0.408. The molecule has 1 aliphatic heterocycles. The Bertz CT molecular complexity index is 787. The van der Waals surface area contributed by atoms with Crippen LogP contribution in [0.25, 0.3) is 0 Å². The number of rotatable bonds is 7. The maximum Gasteiger partial charge on any atom is 0.280 e. The van der Waals surface area contributed by atoms with E-state index in [0.717, 1.165) is 17.3 Å². The molecule has 0 saturated carbocycles. The number of amidine groups is 1. The Morgan fingerprint density at radius 1 is 1.23 bits per heavy atom. The van der Waals surface area contributed by atoms with Gasteiger partial charge in [0.2, 0.25) is 5.91 Å². The first kappa shape index (κ1) is 19.7. The van der Waals surface area contributed by atoms with Crippen LogP contribution in [0.4, 0.5) is 0 Å². The van der Waals surface area contributed by atoms with E-state index >= 15 is 0 Å². The lowest BCUT2D eigenvalue weighted by atomic mass is 10.1. The van der Waals surface area contributed by atoms with E-state index in [1.54, 1.807) is 21.1 Å². The molecule has 2 rings (SSSR count). The summed E-state index contributed by atoms with van der Waals surface area (Å²) in [5, 5.41) is 3.12. The smallest absolute Gasteiger partial charge is 0.280 e. The maximum atomic E-state index is 11.9. The van der Waals surface area contributed by atoms with Gasteiger partial charge in [-0.3, -0.25) is 9.59 Å². The van der Waals surface area contributed by atoms with E-state index in [4.69, 9.17) is 9.47 Å². The van der Waals surface area contributed by atoms with Crippen LogP contribution in [0.2, 0.25) is 0 Å². The van der Waals surface area contributed by atoms with E-state index in [9.17, 15) is 9.59 Å². The van der Waals surface area contributed by atoms with Crippen LogP contribution in [0, 0.1) is 0 Å². The summed E-state index contributed by atoms with van der Waals surface area (Å²) in [5.41, 5.74) is 1.84. The standard InChI is InChI=1S/C18H21N3O4S/c1-11-12(2)20-18(21-17(11)23)26-10-16(22)19-8-7-13-5-6-14(24-3)15(9-13)25-4/h5-6,9H,1,7-8,10H2,2-4H3,(H,19,22). The number of nitrogens with one attached hydrogen (secondary N) is 1. The molecule has 1 heterocycles. The highest BCUT2D eigenvalue weighted by Gasteiger charge is 2.17. The number of amides is 2. The summed E-state index contributed by atoms with van der Waals surface area (Å²) >= 11 is 1.12. The molecule has 26 heavy (non-hydrogen) atoms. The highest BCUT2D eigenvalue weighted by Crippen LogP contribution is 2.27. The van der Waals surface area contributed by atoms with Crippen molar-refractivity contribution in [1.29, 1.82) is 0 Å². The maximum absolute atomic E-state index is 11.9. The lowest BCUT2D eigenvalue weighted by Gasteiger charge is -2.11. The molecule has 0 unspecified atom stereocenters. The summed E-state index contributed by atoms with van der Waals surface area (Å²) in [7, 11) is 3.17. The summed E-state index contributed by atoms with van der Waals surface area (Å²) in [6, 6.07) is 5.64. The fourth-order valence-electron chi connectivity index (χ4n) is 2.17. The zero-order chi connectivity index (χ0) is 19.1. The quantitative estimate of drug-likeness (QED) is 0.737. The van der Waals surface area contributed by atoms with Crippen molar-refractivity contribution >= 4 is 34.5 Å². The van der Waals surface area contributed by atoms with Gasteiger partial charge in [0.1, 0.15) is 0 Å². The second-order valence-electron chi connectivity index (χ2n) is 5.45. The van der Waals surface area contributed by atoms with Crippen molar-refractivity contribution in [2.24, 2.45) is 9.98 Å². The van der Waals surface area contributed by atoms with Gasteiger partial charge >= 0.3 is 0 Å². The number of hydrogen-bond acceptors (Lipinski definition) is 6. The Morgan fingerprint density at radius 3 is 2.62 bits per heavy atom. The normalized spacial score (nSPS) is 13.8. The van der Waals surface area contributed by atoms with Crippen molar-refractivity contribution in [2.45, 2.75) is 13.3 Å². The van der Waals surface area contributed by atoms with E-state index < -0.39 is 5.91 Å². The second-order valence-corrected chi connectivity index (χ2v) is 6.40. The Morgan fingerprint density at radius 2 is 1.96 bits per heavy atom. The minimum absolute atomic E-state index is 0.140. The van der Waals surface area contributed by atoms with Gasteiger partial charge in [-0.15, -0.1) is 0 Å². The van der Waals surface area contributed by atoms with Crippen molar-refractivity contribution in [1.82, 2.24) is 5.32 Å². The lowest BCUT2D eigenvalue weighted by Crippen LogP contribution is -2.28. The van der Waals surface area contributed by atoms with E-state index in [-0.39, 0.29) is 22.4 Å². The van der Waals surface area contributed by atoms with Gasteiger partial charge in [0.15, 0.2) is 16.7 Å². The molecule has 7 nitrogen and oxygen atoms in total. The van der Waals surface area contributed by atoms with E-state index in [0.29, 0.717) is 30.2 Å². The summed E-state index contributed by atoms with van der Waals surface area (Å²) in [4.78, 5) is 31.5. The highest BCUT2D eigenvalue weighted by molar-refractivity contribution is 8.14. The number of hydrogen-bond donors (Lipinski definition) is 1. The van der Waals surface area contributed by atoms with Gasteiger partial charge in [0.25, 0.3) is 5.91 Å². The van der Waals surface area contributed by atoms with Crippen molar-refractivity contribution < 1.29 is 19.1 Å². The lowest BCUT2D eigenvalue weighted by molar-refractivity contribution is -0.118. The zero-order valence-electron chi connectivity index (χ0n) is 15.0. The fourth-order valence-corrected chi connectivity index (χ4v) is 2.88. The third-order valence-electron chi connectivity index (χ3n) is 3.67. The average molecular weight is 375 g/mol. The average Bonchev–Trinajstić information content (AvgIpc) is 2.64. The number of methoxy groups -OCH3 is 2. The molecule has 2 amide bonds. The Hall–Kier alpha value is -2.61. The number of benzene rings is 1. The van der Waals surface area contributed by atoms with Crippen LogP contribution >= 0.6 is 11.8 Å². The molecular weight excluding hydrogens is 354 g/mol. The van der Waals surface area contributed by atoms with E-state index in [1.165, 1.54) is 0 Å². The largest absolute Gasteiger partial charge is 0.493 e. The van der Waals surface area contributed by atoms with Crippen LogP contribution in [0.5, 0.6) is 11.5 Å². The number of carbonyl (C=O) groups excluding carboxylic acids is 2. The zero-order valence-corrected chi connectivity index (χ0v) is 15.8. The van der Waals surface area contributed by atoms with Crippen LogP contribution in [0.3, 0.4) is 0 Å². The van der Waals surface area contributed by atoms with Crippen LogP contribution in [0.15, 0.2) is 40.3 Å². The van der Waals surface area contributed by atoms with Crippen molar-refractivity contribution in [2.75, 3.05) is 26.5 Å². The summed E-state index contributed by atoms with van der Waals surface area (Å²) in [6.07, 6.45) is 0.660. The van der Waals surface area contributed by atoms with Gasteiger partial charge in [0, 0.05) is 6.54 Å². The van der Waals surface area contributed by atoms with Gasteiger partial charge in [-0.1, -0.05) is 24.4 Å². The van der Waals surface area contributed by atoms with Crippen molar-refractivity contribution in [3.05, 3.63) is 35.9 Å². The molecule has 0 bridgehead atoms. The number of carbonyl (C=O) groups is 2. The summed E-state index contributed by atoms with van der Waals surface area (Å²) in [6.45, 7) is 5.78. The van der Waals surface area contributed by atoms with Crippen LogP contribution < -0.4 is 14.8 Å². The number of thioether (sulfide) groups is 1. The molecule has 138 valence electrons. The van der Waals surface area contributed by atoms with E-state index in [1.807, 2.05) is 18.2 Å². The second kappa shape index (κ2) is 9.19. The number of nitrogens with zero attached hydrogens (tertiary/aromatic N) is 2. The van der Waals surface area contributed by atoms with Crippen molar-refractivity contribution in [3.8, 4) is 11.5 Å². The predicted molar refractivity (Wildman–Crippen MR) is 103 cm³/mol. The van der Waals surface area contributed by atoms with Crippen LogP contribution in [0.1, 0.15) is 12.5 Å². The molecule has 0 radical (unpaired) electrons. The topological polar surface area (TPSA) is 89.4 Å². The molecular formula is C18H21N3O4S. The SMILES string of the molecule is C=C1C(=O)N=C(SCC(=O)NCCc2ccc(OC)c(OC)c2)N=C1C. The van der Waals surface area contributed by atoms with Gasteiger partial charge in [-0.05, 0) is 31.0 Å². The van der Waals surface area contributed by atoms with Gasteiger partial charge in [0.05, 0.1) is 31.3 Å². The number of ether oxygens (including phenoxy) is 2. The summed E-state index contributed by atoms with van der Waals surface area (Å²) in [5.74, 6) is 0.901. The Kier molecular flexibility index (Phi) is 6.97. The predicted octanol–water partition coefficient (Wildman–Crippen LogP) is 2.01. The molecule has 1 aromatic carbocycles. The van der Waals surface area contributed by atoms with Gasteiger partial charge in [-0.25, -0.2) is 4.99 Å². The molecule has 0 aromatic heterocycles. The Labute approximate surface area is 156 Å². The van der Waals surface area contributed by atoms with Crippen LogP contribution in [-0.4, -0.2) is 49.2 Å².